The number of hydrogen-bond acceptors (Lipinski definition) is 6. The van der Waals surface area contributed by atoms with Gasteiger partial charge in [-0.15, -0.1) is 5.10 Å². The largest absolute Gasteiger partial charge is 0.497 e. The summed E-state index contributed by atoms with van der Waals surface area (Å²) in [6.07, 6.45) is 0.891. The summed E-state index contributed by atoms with van der Waals surface area (Å²) in [4.78, 5) is 18.6. The van der Waals surface area contributed by atoms with Crippen molar-refractivity contribution in [3.8, 4) is 5.75 Å². The van der Waals surface area contributed by atoms with E-state index in [0.717, 1.165) is 23.1 Å². The molecule has 0 bridgehead atoms. The minimum Gasteiger partial charge on any atom is -0.497 e. The Morgan fingerprint density at radius 2 is 1.83 bits per heavy atom. The minimum atomic E-state index is -0.232. The maximum atomic E-state index is 13.2. The molecule has 190 valence electrons. The molecule has 1 N–H and O–H groups in total. The summed E-state index contributed by atoms with van der Waals surface area (Å²) < 4.78 is 7.27. The van der Waals surface area contributed by atoms with E-state index in [9.17, 15) is 4.79 Å². The average molecular weight is 489 g/mol. The van der Waals surface area contributed by atoms with Gasteiger partial charge in [0, 0.05) is 24.7 Å². The Labute approximate surface area is 212 Å². The molecule has 4 aromatic rings. The number of aromatic amines is 1. The average Bonchev–Trinajstić information content (AvgIpc) is 3.35. The van der Waals surface area contributed by atoms with Crippen molar-refractivity contribution in [3.63, 3.8) is 0 Å². The van der Waals surface area contributed by atoms with Crippen LogP contribution >= 0.6 is 0 Å². The number of pyridine rings is 1. The second-order valence-corrected chi connectivity index (χ2v) is 10.3. The molecule has 4 rings (SSSR count). The Bertz CT molecular complexity index is 1360. The fraction of sp³-hybridized carbons (Fsp3) is 0.429. The first-order valence-electron chi connectivity index (χ1n) is 12.5. The number of ether oxygens (including phenoxy) is 1. The second-order valence-electron chi connectivity index (χ2n) is 10.3. The molecule has 2 aromatic heterocycles. The number of aromatic nitrogens is 5. The molecule has 0 spiro atoms. The Morgan fingerprint density at radius 1 is 1.08 bits per heavy atom. The predicted octanol–water partition coefficient (Wildman–Crippen LogP) is 5.07. The van der Waals surface area contributed by atoms with E-state index in [-0.39, 0.29) is 23.1 Å². The molecule has 36 heavy (non-hydrogen) atoms. The molecule has 0 radical (unpaired) electrons. The molecule has 0 saturated heterocycles. The van der Waals surface area contributed by atoms with Gasteiger partial charge in [0.15, 0.2) is 5.82 Å². The van der Waals surface area contributed by atoms with Gasteiger partial charge in [0.1, 0.15) is 5.75 Å². The number of hydrogen-bond donors (Lipinski definition) is 1. The number of rotatable bonds is 10. The highest BCUT2D eigenvalue weighted by molar-refractivity contribution is 5.80. The maximum Gasteiger partial charge on any atom is 0.252 e. The smallest absolute Gasteiger partial charge is 0.252 e. The molecule has 0 aliphatic heterocycles. The molecule has 0 unspecified atom stereocenters. The number of benzene rings is 2. The fourth-order valence-electron chi connectivity index (χ4n) is 4.60. The molecule has 0 aliphatic rings. The Hall–Kier alpha value is -3.52. The first-order chi connectivity index (χ1) is 17.2. The lowest BCUT2D eigenvalue weighted by Gasteiger charge is -2.35. The Kier molecular flexibility index (Phi) is 7.54. The van der Waals surface area contributed by atoms with Crippen LogP contribution in [0, 0.1) is 5.92 Å². The fourth-order valence-corrected chi connectivity index (χ4v) is 4.60. The highest BCUT2D eigenvalue weighted by atomic mass is 16.5. The number of methoxy groups -OCH3 is 1. The first-order valence-corrected chi connectivity index (χ1v) is 12.5. The van der Waals surface area contributed by atoms with Crippen molar-refractivity contribution in [1.82, 2.24) is 30.1 Å². The van der Waals surface area contributed by atoms with Gasteiger partial charge in [-0.1, -0.05) is 51.1 Å². The lowest BCUT2D eigenvalue weighted by atomic mass is 9.97. The second kappa shape index (κ2) is 10.6. The molecular weight excluding hydrogens is 452 g/mol. The lowest BCUT2D eigenvalue weighted by molar-refractivity contribution is 0.118. The number of fused-ring (bicyclic) bond motifs is 1. The minimum absolute atomic E-state index is 0.100. The number of H-pyrrole nitrogens is 1. The van der Waals surface area contributed by atoms with Gasteiger partial charge < -0.3 is 9.72 Å². The third-order valence-electron chi connectivity index (χ3n) is 6.95. The van der Waals surface area contributed by atoms with Gasteiger partial charge in [0.2, 0.25) is 0 Å². The summed E-state index contributed by atoms with van der Waals surface area (Å²) in [6.45, 7) is 11.9. The van der Waals surface area contributed by atoms with Gasteiger partial charge in [0.25, 0.3) is 5.56 Å². The van der Waals surface area contributed by atoms with E-state index in [0.29, 0.717) is 24.4 Å². The molecule has 0 fully saturated rings. The van der Waals surface area contributed by atoms with Gasteiger partial charge in [-0.2, -0.15) is 0 Å². The van der Waals surface area contributed by atoms with E-state index in [2.05, 4.69) is 72.2 Å². The lowest BCUT2D eigenvalue weighted by Crippen LogP contribution is -2.38. The molecule has 2 heterocycles. The Morgan fingerprint density at radius 3 is 2.50 bits per heavy atom. The van der Waals surface area contributed by atoms with Crippen LogP contribution in [0.25, 0.3) is 10.9 Å². The Balaban J connectivity index is 1.79. The number of nitrogens with one attached hydrogen (secondary N) is 1. The molecule has 0 aliphatic carbocycles. The van der Waals surface area contributed by atoms with Crippen LogP contribution in [0.4, 0.5) is 0 Å². The monoisotopic (exact) mass is 488 g/mol. The summed E-state index contributed by atoms with van der Waals surface area (Å²) in [7, 11) is 1.62. The molecular formula is C28H36N6O2. The molecule has 8 nitrogen and oxygen atoms in total. The number of tetrazole rings is 1. The van der Waals surface area contributed by atoms with Crippen LogP contribution in [0.2, 0.25) is 0 Å². The molecule has 8 heteroatoms. The van der Waals surface area contributed by atoms with Crippen molar-refractivity contribution in [1.29, 1.82) is 0 Å². The standard InChI is InChI=1S/C28H36N6O2/c1-7-28(4,5)34-26(30-31-32-34)25(19(2)3)33(17-20-11-9-8-10-12-20)18-22-15-21-13-14-23(36-6)16-24(21)29-27(22)35/h8-16,19,25H,7,17-18H2,1-6H3,(H,29,35)/t25-/m1/s1. The van der Waals surface area contributed by atoms with E-state index >= 15 is 0 Å². The molecule has 0 amide bonds. The van der Waals surface area contributed by atoms with Gasteiger partial charge >= 0.3 is 0 Å². The first kappa shape index (κ1) is 25.6. The van der Waals surface area contributed by atoms with Crippen molar-refractivity contribution in [2.24, 2.45) is 5.92 Å². The van der Waals surface area contributed by atoms with Crippen LogP contribution in [-0.4, -0.2) is 37.2 Å². The SMILES string of the molecule is CCC(C)(C)n1nnnc1[C@@H](C(C)C)N(Cc1ccccc1)Cc1cc2ccc(OC)cc2[nH]c1=O. The van der Waals surface area contributed by atoms with Crippen LogP contribution in [0.1, 0.15) is 64.0 Å². The van der Waals surface area contributed by atoms with Crippen LogP contribution < -0.4 is 10.3 Å². The zero-order valence-corrected chi connectivity index (χ0v) is 22.0. The topological polar surface area (TPSA) is 88.9 Å². The van der Waals surface area contributed by atoms with Crippen LogP contribution in [-0.2, 0) is 18.6 Å². The van der Waals surface area contributed by atoms with E-state index in [4.69, 9.17) is 4.74 Å². The van der Waals surface area contributed by atoms with Gasteiger partial charge in [-0.05, 0) is 65.8 Å². The predicted molar refractivity (Wildman–Crippen MR) is 142 cm³/mol. The van der Waals surface area contributed by atoms with E-state index < -0.39 is 0 Å². The van der Waals surface area contributed by atoms with Crippen molar-refractivity contribution in [2.75, 3.05) is 7.11 Å². The van der Waals surface area contributed by atoms with E-state index in [1.807, 2.05) is 47.1 Å². The van der Waals surface area contributed by atoms with Crippen molar-refractivity contribution >= 4 is 10.9 Å². The highest BCUT2D eigenvalue weighted by Gasteiger charge is 2.33. The highest BCUT2D eigenvalue weighted by Crippen LogP contribution is 2.33. The zero-order valence-electron chi connectivity index (χ0n) is 22.0. The third kappa shape index (κ3) is 5.33. The van der Waals surface area contributed by atoms with E-state index in [1.165, 1.54) is 5.56 Å². The van der Waals surface area contributed by atoms with Crippen LogP contribution in [0.3, 0.4) is 0 Å². The van der Waals surface area contributed by atoms with Crippen molar-refractivity contribution in [3.05, 3.63) is 81.9 Å². The normalized spacial score (nSPS) is 13.0. The third-order valence-corrected chi connectivity index (χ3v) is 6.95. The summed E-state index contributed by atoms with van der Waals surface area (Å²) in [6, 6.07) is 17.9. The van der Waals surface area contributed by atoms with Crippen LogP contribution in [0.15, 0.2) is 59.4 Å². The van der Waals surface area contributed by atoms with Gasteiger partial charge in [-0.3, -0.25) is 9.69 Å². The summed E-state index contributed by atoms with van der Waals surface area (Å²) in [5, 5.41) is 13.9. The summed E-state index contributed by atoms with van der Waals surface area (Å²) >= 11 is 0. The van der Waals surface area contributed by atoms with Gasteiger partial charge in [0.05, 0.1) is 24.2 Å². The number of nitrogens with zero attached hydrogens (tertiary/aromatic N) is 5. The van der Waals surface area contributed by atoms with Crippen molar-refractivity contribution < 1.29 is 4.74 Å². The zero-order chi connectivity index (χ0) is 25.9. The van der Waals surface area contributed by atoms with E-state index in [1.54, 1.807) is 7.11 Å². The van der Waals surface area contributed by atoms with Crippen LogP contribution in [0.5, 0.6) is 5.75 Å². The molecule has 1 atom stereocenters. The quantitative estimate of drug-likeness (QED) is 0.335. The molecule has 2 aromatic carbocycles. The molecule has 0 saturated carbocycles. The summed E-state index contributed by atoms with van der Waals surface area (Å²) in [5.41, 5.74) is 2.28. The summed E-state index contributed by atoms with van der Waals surface area (Å²) in [5.74, 6) is 1.73. The van der Waals surface area contributed by atoms with Gasteiger partial charge in [-0.25, -0.2) is 4.68 Å². The van der Waals surface area contributed by atoms with Crippen molar-refractivity contribution in [2.45, 2.75) is 65.7 Å². The maximum absolute atomic E-state index is 13.2.